The van der Waals surface area contributed by atoms with Crippen LogP contribution >= 0.6 is 0 Å². The van der Waals surface area contributed by atoms with Crippen LogP contribution in [0.3, 0.4) is 0 Å². The average Bonchev–Trinajstić information content (AvgIpc) is 3.39. The van der Waals surface area contributed by atoms with E-state index in [9.17, 15) is 9.59 Å². The van der Waals surface area contributed by atoms with E-state index in [4.69, 9.17) is 9.15 Å². The van der Waals surface area contributed by atoms with Crippen molar-refractivity contribution >= 4 is 11.8 Å². The quantitative estimate of drug-likeness (QED) is 0.539. The second-order valence-electron chi connectivity index (χ2n) is 10.0. The topological polar surface area (TPSA) is 75.0 Å². The molecule has 2 aromatic carbocycles. The predicted molar refractivity (Wildman–Crippen MR) is 142 cm³/mol. The van der Waals surface area contributed by atoms with E-state index in [0.29, 0.717) is 43.3 Å². The molecule has 0 unspecified atom stereocenters. The lowest BCUT2D eigenvalue weighted by Gasteiger charge is -2.38. The summed E-state index contributed by atoms with van der Waals surface area (Å²) < 4.78 is 12.0. The molecule has 0 radical (unpaired) electrons. The molecule has 0 bridgehead atoms. The number of aryl methyl sites for hydroxylation is 1. The number of carbonyl (C=O) groups excluding carboxylic acids is 2. The zero-order valence-corrected chi connectivity index (χ0v) is 21.8. The van der Waals surface area contributed by atoms with Crippen molar-refractivity contribution in [1.29, 1.82) is 0 Å². The van der Waals surface area contributed by atoms with Gasteiger partial charge in [0.15, 0.2) is 5.76 Å². The van der Waals surface area contributed by atoms with Gasteiger partial charge in [-0.25, -0.2) is 0 Å². The Hall–Kier alpha value is -3.58. The number of nitrogens with one attached hydrogen (secondary N) is 1. The Kier molecular flexibility index (Phi) is 7.33. The normalized spacial score (nSPS) is 19.4. The molecule has 37 heavy (non-hydrogen) atoms. The maximum absolute atomic E-state index is 12.9. The van der Waals surface area contributed by atoms with Gasteiger partial charge in [0, 0.05) is 38.6 Å². The lowest BCUT2D eigenvalue weighted by Crippen LogP contribution is -2.51. The summed E-state index contributed by atoms with van der Waals surface area (Å²) in [5.74, 6) is 1.71. The van der Waals surface area contributed by atoms with Gasteiger partial charge in [0.1, 0.15) is 18.1 Å². The largest absolute Gasteiger partial charge is 0.486 e. The lowest BCUT2D eigenvalue weighted by molar-refractivity contribution is -0.132. The van der Waals surface area contributed by atoms with Crippen LogP contribution < -0.4 is 10.1 Å². The Bertz CT molecular complexity index is 1280. The summed E-state index contributed by atoms with van der Waals surface area (Å²) >= 11 is 0. The van der Waals surface area contributed by atoms with Crippen LogP contribution in [0.2, 0.25) is 0 Å². The summed E-state index contributed by atoms with van der Waals surface area (Å²) in [6.45, 7) is 9.10. The number of piperazine rings is 1. The molecule has 2 aliphatic rings. The van der Waals surface area contributed by atoms with Gasteiger partial charge in [-0.15, -0.1) is 0 Å². The molecule has 1 aromatic heterocycles. The molecule has 3 heterocycles. The number of hydrogen-bond donors (Lipinski definition) is 1. The SMILES string of the molecule is CCC(=O)N1CCc2ccc(OCc3ccc(C(=O)N4CCN[C@@H](C)C4)o3)cc2[C@@H]1c1cccc(C)c1. The summed E-state index contributed by atoms with van der Waals surface area (Å²) in [6.07, 6.45) is 1.29. The van der Waals surface area contributed by atoms with Gasteiger partial charge in [-0.05, 0) is 61.2 Å². The van der Waals surface area contributed by atoms with Gasteiger partial charge < -0.3 is 24.3 Å². The number of benzene rings is 2. The Morgan fingerprint density at radius 3 is 2.76 bits per heavy atom. The van der Waals surface area contributed by atoms with E-state index in [1.807, 2.05) is 28.9 Å². The molecule has 1 saturated heterocycles. The van der Waals surface area contributed by atoms with Crippen molar-refractivity contribution in [1.82, 2.24) is 15.1 Å². The molecule has 2 aliphatic heterocycles. The van der Waals surface area contributed by atoms with Gasteiger partial charge in [-0.1, -0.05) is 42.8 Å². The van der Waals surface area contributed by atoms with E-state index in [-0.39, 0.29) is 30.5 Å². The Morgan fingerprint density at radius 2 is 1.97 bits per heavy atom. The molecule has 2 amide bonds. The van der Waals surface area contributed by atoms with Crippen LogP contribution in [-0.2, 0) is 17.8 Å². The van der Waals surface area contributed by atoms with Crippen LogP contribution in [0.5, 0.6) is 5.75 Å². The fourth-order valence-electron chi connectivity index (χ4n) is 5.35. The minimum Gasteiger partial charge on any atom is -0.486 e. The predicted octanol–water partition coefficient (Wildman–Crippen LogP) is 4.49. The molecule has 0 saturated carbocycles. The Morgan fingerprint density at radius 1 is 1.11 bits per heavy atom. The summed E-state index contributed by atoms with van der Waals surface area (Å²) in [6, 6.07) is 18.1. The standard InChI is InChI=1S/C30H35N3O4/c1-4-28(34)33-14-12-22-8-9-24(17-26(22)29(33)23-7-5-6-20(2)16-23)36-19-25-10-11-27(37-25)30(35)32-15-13-31-21(3)18-32/h5-11,16-17,21,29,31H,4,12-15,18-19H2,1-3H3/t21-,29-/m0/s1. The number of hydrogen-bond acceptors (Lipinski definition) is 5. The second kappa shape index (κ2) is 10.8. The zero-order valence-electron chi connectivity index (χ0n) is 21.8. The molecule has 7 nitrogen and oxygen atoms in total. The molecule has 1 N–H and O–H groups in total. The smallest absolute Gasteiger partial charge is 0.289 e. The highest BCUT2D eigenvalue weighted by atomic mass is 16.5. The molecule has 2 atom stereocenters. The van der Waals surface area contributed by atoms with E-state index in [0.717, 1.165) is 24.1 Å². The molecule has 1 fully saturated rings. The van der Waals surface area contributed by atoms with E-state index >= 15 is 0 Å². The molecule has 194 valence electrons. The van der Waals surface area contributed by atoms with Gasteiger partial charge in [-0.3, -0.25) is 9.59 Å². The number of rotatable bonds is 6. The molecule has 0 spiro atoms. The van der Waals surface area contributed by atoms with Gasteiger partial charge in [0.25, 0.3) is 5.91 Å². The van der Waals surface area contributed by atoms with E-state index in [1.54, 1.807) is 12.1 Å². The first kappa shape index (κ1) is 25.1. The van der Waals surface area contributed by atoms with Crippen molar-refractivity contribution in [3.05, 3.63) is 88.4 Å². The van der Waals surface area contributed by atoms with Crippen LogP contribution in [-0.4, -0.2) is 53.8 Å². The maximum atomic E-state index is 12.9. The summed E-state index contributed by atoms with van der Waals surface area (Å²) in [5, 5.41) is 3.35. The van der Waals surface area contributed by atoms with Crippen molar-refractivity contribution in [2.45, 2.75) is 52.3 Å². The molecule has 5 rings (SSSR count). The monoisotopic (exact) mass is 501 g/mol. The molecular weight excluding hydrogens is 466 g/mol. The molecule has 7 heteroatoms. The Labute approximate surface area is 218 Å². The van der Waals surface area contributed by atoms with Crippen molar-refractivity contribution in [2.75, 3.05) is 26.2 Å². The first-order valence-corrected chi connectivity index (χ1v) is 13.2. The highest BCUT2D eigenvalue weighted by molar-refractivity contribution is 5.91. The molecule has 3 aromatic rings. The van der Waals surface area contributed by atoms with Crippen LogP contribution in [0.25, 0.3) is 0 Å². The van der Waals surface area contributed by atoms with Gasteiger partial charge in [0.2, 0.25) is 5.91 Å². The van der Waals surface area contributed by atoms with Crippen molar-refractivity contribution < 1.29 is 18.7 Å². The van der Waals surface area contributed by atoms with E-state index in [2.05, 4.69) is 49.5 Å². The lowest BCUT2D eigenvalue weighted by atomic mass is 9.87. The third-order valence-corrected chi connectivity index (χ3v) is 7.24. The molecule has 0 aliphatic carbocycles. The first-order valence-electron chi connectivity index (χ1n) is 13.2. The number of ether oxygens (including phenoxy) is 1. The van der Waals surface area contributed by atoms with E-state index in [1.165, 1.54) is 11.1 Å². The third-order valence-electron chi connectivity index (χ3n) is 7.24. The summed E-state index contributed by atoms with van der Waals surface area (Å²) in [4.78, 5) is 29.5. The van der Waals surface area contributed by atoms with Gasteiger partial charge >= 0.3 is 0 Å². The molecular formula is C30H35N3O4. The minimum atomic E-state index is -0.145. The van der Waals surface area contributed by atoms with Crippen LogP contribution in [0.4, 0.5) is 0 Å². The fraction of sp³-hybridized carbons (Fsp3) is 0.400. The van der Waals surface area contributed by atoms with Gasteiger partial charge in [0.05, 0.1) is 6.04 Å². The van der Waals surface area contributed by atoms with Crippen LogP contribution in [0.15, 0.2) is 59.0 Å². The fourth-order valence-corrected chi connectivity index (χ4v) is 5.35. The first-order chi connectivity index (χ1) is 17.9. The number of fused-ring (bicyclic) bond motifs is 1. The second-order valence-corrected chi connectivity index (χ2v) is 10.0. The van der Waals surface area contributed by atoms with Crippen molar-refractivity contribution in [2.24, 2.45) is 0 Å². The van der Waals surface area contributed by atoms with Crippen molar-refractivity contribution in [3.63, 3.8) is 0 Å². The number of furan rings is 1. The zero-order chi connectivity index (χ0) is 25.9. The number of amides is 2. The minimum absolute atomic E-state index is 0.0879. The Balaban J connectivity index is 1.34. The van der Waals surface area contributed by atoms with Crippen LogP contribution in [0.1, 0.15) is 64.9 Å². The number of carbonyl (C=O) groups is 2. The third kappa shape index (κ3) is 5.42. The average molecular weight is 502 g/mol. The summed E-state index contributed by atoms with van der Waals surface area (Å²) in [7, 11) is 0. The van der Waals surface area contributed by atoms with Gasteiger partial charge in [-0.2, -0.15) is 0 Å². The highest BCUT2D eigenvalue weighted by Crippen LogP contribution is 2.38. The highest BCUT2D eigenvalue weighted by Gasteiger charge is 2.32. The van der Waals surface area contributed by atoms with E-state index < -0.39 is 0 Å². The van der Waals surface area contributed by atoms with Crippen LogP contribution in [0, 0.1) is 6.92 Å². The summed E-state index contributed by atoms with van der Waals surface area (Å²) in [5.41, 5.74) is 4.60. The maximum Gasteiger partial charge on any atom is 0.289 e. The van der Waals surface area contributed by atoms with Crippen molar-refractivity contribution in [3.8, 4) is 5.75 Å². The number of nitrogens with zero attached hydrogens (tertiary/aromatic N) is 2.